The summed E-state index contributed by atoms with van der Waals surface area (Å²) in [5.41, 5.74) is 1.36. The van der Waals surface area contributed by atoms with Crippen molar-refractivity contribution in [2.75, 3.05) is 5.32 Å². The first kappa shape index (κ1) is 15.2. The van der Waals surface area contributed by atoms with Gasteiger partial charge < -0.3 is 19.6 Å². The molecule has 1 aromatic heterocycles. The second kappa shape index (κ2) is 6.21. The number of carboxylic acids is 1. The summed E-state index contributed by atoms with van der Waals surface area (Å²) in [5, 5.41) is 15.3. The van der Waals surface area contributed by atoms with E-state index in [0.29, 0.717) is 11.1 Å². The van der Waals surface area contributed by atoms with E-state index in [9.17, 15) is 19.5 Å². The molecule has 0 saturated heterocycles. The van der Waals surface area contributed by atoms with Crippen molar-refractivity contribution in [1.82, 2.24) is 10.3 Å². The number of oxazole rings is 1. The number of imide groups is 1. The SMILES string of the molecule is O=C(NC(=O)c1ccc2ncoc2c1)Nc1cccc(C(=O)[O-])c1. The van der Waals surface area contributed by atoms with Crippen LogP contribution in [0.1, 0.15) is 20.7 Å². The second-order valence-electron chi connectivity index (χ2n) is 4.81. The average Bonchev–Trinajstić information content (AvgIpc) is 3.02. The molecular weight excluding hydrogens is 314 g/mol. The van der Waals surface area contributed by atoms with Gasteiger partial charge in [0.15, 0.2) is 12.0 Å². The molecule has 3 aromatic rings. The van der Waals surface area contributed by atoms with E-state index < -0.39 is 17.9 Å². The van der Waals surface area contributed by atoms with Crippen LogP contribution in [0.15, 0.2) is 53.3 Å². The van der Waals surface area contributed by atoms with E-state index in [0.717, 1.165) is 0 Å². The Morgan fingerprint density at radius 2 is 1.88 bits per heavy atom. The fourth-order valence-electron chi connectivity index (χ4n) is 2.06. The lowest BCUT2D eigenvalue weighted by Crippen LogP contribution is -2.34. The third kappa shape index (κ3) is 3.22. The van der Waals surface area contributed by atoms with E-state index in [1.54, 1.807) is 6.07 Å². The number of aromatic nitrogens is 1. The molecule has 1 heterocycles. The van der Waals surface area contributed by atoms with E-state index in [4.69, 9.17) is 4.42 Å². The summed E-state index contributed by atoms with van der Waals surface area (Å²) >= 11 is 0. The summed E-state index contributed by atoms with van der Waals surface area (Å²) in [6, 6.07) is 9.24. The van der Waals surface area contributed by atoms with E-state index >= 15 is 0 Å². The van der Waals surface area contributed by atoms with Crippen LogP contribution in [-0.4, -0.2) is 22.9 Å². The lowest BCUT2D eigenvalue weighted by molar-refractivity contribution is -0.255. The number of amides is 3. The molecule has 0 fully saturated rings. The van der Waals surface area contributed by atoms with E-state index in [2.05, 4.69) is 15.6 Å². The highest BCUT2D eigenvalue weighted by molar-refractivity contribution is 6.09. The molecule has 0 spiro atoms. The molecule has 0 radical (unpaired) electrons. The highest BCUT2D eigenvalue weighted by atomic mass is 16.4. The predicted molar refractivity (Wildman–Crippen MR) is 81.3 cm³/mol. The zero-order chi connectivity index (χ0) is 17.1. The van der Waals surface area contributed by atoms with Gasteiger partial charge in [-0.15, -0.1) is 0 Å². The quantitative estimate of drug-likeness (QED) is 0.744. The van der Waals surface area contributed by atoms with Crippen LogP contribution in [0.2, 0.25) is 0 Å². The van der Waals surface area contributed by atoms with Crippen molar-refractivity contribution >= 4 is 34.7 Å². The van der Waals surface area contributed by atoms with Gasteiger partial charge in [0.1, 0.15) is 5.52 Å². The van der Waals surface area contributed by atoms with Crippen molar-refractivity contribution in [1.29, 1.82) is 0 Å². The molecule has 3 amide bonds. The van der Waals surface area contributed by atoms with Gasteiger partial charge in [0, 0.05) is 11.3 Å². The van der Waals surface area contributed by atoms with Gasteiger partial charge in [0.05, 0.1) is 5.97 Å². The van der Waals surface area contributed by atoms with E-state index in [1.165, 1.54) is 42.8 Å². The fourth-order valence-corrected chi connectivity index (χ4v) is 2.06. The summed E-state index contributed by atoms with van der Waals surface area (Å²) in [4.78, 5) is 38.6. The van der Waals surface area contributed by atoms with E-state index in [-0.39, 0.29) is 16.8 Å². The summed E-state index contributed by atoms with van der Waals surface area (Å²) in [6.45, 7) is 0. The van der Waals surface area contributed by atoms with Crippen molar-refractivity contribution in [3.05, 3.63) is 60.0 Å². The topological polar surface area (TPSA) is 124 Å². The molecule has 24 heavy (non-hydrogen) atoms. The molecule has 3 rings (SSSR count). The maximum atomic E-state index is 12.0. The van der Waals surface area contributed by atoms with Gasteiger partial charge in [0.2, 0.25) is 0 Å². The van der Waals surface area contributed by atoms with Crippen molar-refractivity contribution in [2.24, 2.45) is 0 Å². The van der Waals surface area contributed by atoms with Crippen LogP contribution in [0.4, 0.5) is 10.5 Å². The Kier molecular flexibility index (Phi) is 3.94. The Morgan fingerprint density at radius 1 is 1.04 bits per heavy atom. The number of anilines is 1. The number of aromatic carboxylic acids is 1. The first-order chi connectivity index (χ1) is 11.5. The van der Waals surface area contributed by atoms with Crippen LogP contribution < -0.4 is 15.7 Å². The van der Waals surface area contributed by atoms with Crippen LogP contribution in [0.3, 0.4) is 0 Å². The van der Waals surface area contributed by atoms with Gasteiger partial charge in [-0.1, -0.05) is 12.1 Å². The number of nitrogens with zero attached hydrogens (tertiary/aromatic N) is 1. The van der Waals surface area contributed by atoms with Gasteiger partial charge >= 0.3 is 6.03 Å². The largest absolute Gasteiger partial charge is 0.545 e. The summed E-state index contributed by atoms with van der Waals surface area (Å²) in [7, 11) is 0. The van der Waals surface area contributed by atoms with Crippen LogP contribution in [0.5, 0.6) is 0 Å². The zero-order valence-corrected chi connectivity index (χ0v) is 12.1. The van der Waals surface area contributed by atoms with Crippen molar-refractivity contribution in [2.45, 2.75) is 0 Å². The highest BCUT2D eigenvalue weighted by Gasteiger charge is 2.12. The molecule has 0 aliphatic carbocycles. The van der Waals surface area contributed by atoms with Crippen molar-refractivity contribution in [3.8, 4) is 0 Å². The number of carbonyl (C=O) groups is 3. The summed E-state index contributed by atoms with van der Waals surface area (Å²) in [6.07, 6.45) is 1.25. The molecule has 2 N–H and O–H groups in total. The maximum Gasteiger partial charge on any atom is 0.326 e. The fraction of sp³-hybridized carbons (Fsp3) is 0. The zero-order valence-electron chi connectivity index (χ0n) is 12.1. The minimum atomic E-state index is -1.37. The Labute approximate surface area is 135 Å². The van der Waals surface area contributed by atoms with Gasteiger partial charge in [-0.05, 0) is 35.9 Å². The molecule has 120 valence electrons. The third-order valence-corrected chi connectivity index (χ3v) is 3.18. The summed E-state index contributed by atoms with van der Waals surface area (Å²) < 4.78 is 5.09. The molecule has 2 aromatic carbocycles. The molecule has 8 heteroatoms. The molecular formula is C16H10N3O5-. The molecule has 0 atom stereocenters. The molecule has 0 bridgehead atoms. The standard InChI is InChI=1S/C16H11N3O5/c20-14(9-4-5-12-13(7-9)24-8-17-12)19-16(23)18-11-3-1-2-10(6-11)15(21)22/h1-8H,(H,21,22)(H2,18,19,20,23)/p-1. The van der Waals surface area contributed by atoms with Crippen LogP contribution in [0, 0.1) is 0 Å². The number of benzene rings is 2. The Hall–Kier alpha value is -3.68. The molecule has 8 nitrogen and oxygen atoms in total. The van der Waals surface area contributed by atoms with Gasteiger partial charge in [0.25, 0.3) is 5.91 Å². The van der Waals surface area contributed by atoms with Crippen LogP contribution in [-0.2, 0) is 0 Å². The minimum Gasteiger partial charge on any atom is -0.545 e. The highest BCUT2D eigenvalue weighted by Crippen LogP contribution is 2.14. The number of nitrogens with one attached hydrogen (secondary N) is 2. The average molecular weight is 324 g/mol. The first-order valence-corrected chi connectivity index (χ1v) is 6.80. The number of carbonyl (C=O) groups excluding carboxylic acids is 3. The van der Waals surface area contributed by atoms with Crippen LogP contribution >= 0.6 is 0 Å². The van der Waals surface area contributed by atoms with Crippen LogP contribution in [0.25, 0.3) is 11.1 Å². The summed E-state index contributed by atoms with van der Waals surface area (Å²) in [5.74, 6) is -2.00. The van der Waals surface area contributed by atoms with Crippen molar-refractivity contribution < 1.29 is 23.9 Å². The lowest BCUT2D eigenvalue weighted by Gasteiger charge is -2.09. The number of rotatable bonds is 3. The predicted octanol–water partition coefficient (Wildman–Crippen LogP) is 1.15. The number of hydrogen-bond acceptors (Lipinski definition) is 6. The first-order valence-electron chi connectivity index (χ1n) is 6.80. The van der Waals surface area contributed by atoms with Crippen molar-refractivity contribution in [3.63, 3.8) is 0 Å². The molecule has 0 aliphatic rings. The van der Waals surface area contributed by atoms with Gasteiger partial charge in [-0.2, -0.15) is 0 Å². The third-order valence-electron chi connectivity index (χ3n) is 3.18. The number of hydrogen-bond donors (Lipinski definition) is 2. The van der Waals surface area contributed by atoms with Gasteiger partial charge in [-0.3, -0.25) is 10.1 Å². The Morgan fingerprint density at radius 3 is 2.67 bits per heavy atom. The van der Waals surface area contributed by atoms with E-state index in [1.807, 2.05) is 0 Å². The number of urea groups is 1. The minimum absolute atomic E-state index is 0.0881. The number of fused-ring (bicyclic) bond motifs is 1. The lowest BCUT2D eigenvalue weighted by atomic mass is 10.2. The maximum absolute atomic E-state index is 12.0. The Balaban J connectivity index is 1.68. The molecule has 0 unspecified atom stereocenters. The number of carboxylic acid groups (broad SMARTS) is 1. The molecule has 0 saturated carbocycles. The normalized spacial score (nSPS) is 10.3. The molecule has 0 aliphatic heterocycles. The van der Waals surface area contributed by atoms with Gasteiger partial charge in [-0.25, -0.2) is 9.78 Å². The monoisotopic (exact) mass is 324 g/mol. The Bertz CT molecular complexity index is 948. The second-order valence-corrected chi connectivity index (χ2v) is 4.81. The smallest absolute Gasteiger partial charge is 0.326 e.